The van der Waals surface area contributed by atoms with E-state index in [9.17, 15) is 4.79 Å². The minimum Gasteiger partial charge on any atom is -0.356 e. The molecule has 2 aromatic heterocycles. The van der Waals surface area contributed by atoms with Gasteiger partial charge in [0.25, 0.3) is 5.91 Å². The molecule has 1 saturated heterocycles. The number of rotatable bonds is 7. The highest BCUT2D eigenvalue weighted by Gasteiger charge is 2.15. The first-order valence-electron chi connectivity index (χ1n) is 10.2. The number of aromatic nitrogens is 3. The number of nitrogens with one attached hydrogen (secondary N) is 1. The molecule has 30 heavy (non-hydrogen) atoms. The van der Waals surface area contributed by atoms with E-state index in [4.69, 9.17) is 4.98 Å². The SMILES string of the molecule is Cc1cc(N2CCCC2)nc(SCc2ccc(C(=O)NCc3ccncc3)cc2)n1. The van der Waals surface area contributed by atoms with Gasteiger partial charge in [0.15, 0.2) is 5.16 Å². The molecule has 1 aliphatic rings. The lowest BCUT2D eigenvalue weighted by Crippen LogP contribution is -2.22. The molecule has 154 valence electrons. The summed E-state index contributed by atoms with van der Waals surface area (Å²) in [5.41, 5.74) is 3.81. The standard InChI is InChI=1S/C23H25N5OS/c1-17-14-21(28-12-2-3-13-28)27-23(26-17)30-16-19-4-6-20(7-5-19)22(29)25-15-18-8-10-24-11-9-18/h4-11,14H,2-3,12-13,15-16H2,1H3,(H,25,29). The lowest BCUT2D eigenvalue weighted by Gasteiger charge is -2.17. The molecule has 0 bridgehead atoms. The molecule has 1 fully saturated rings. The second-order valence-corrected chi connectivity index (χ2v) is 8.31. The van der Waals surface area contributed by atoms with Gasteiger partial charge >= 0.3 is 0 Å². The zero-order valence-electron chi connectivity index (χ0n) is 17.0. The molecule has 0 spiro atoms. The second kappa shape index (κ2) is 9.71. The molecule has 1 N–H and O–H groups in total. The van der Waals surface area contributed by atoms with Crippen molar-refractivity contribution in [3.05, 3.63) is 77.2 Å². The number of hydrogen-bond donors (Lipinski definition) is 1. The van der Waals surface area contributed by atoms with Crippen molar-refractivity contribution in [2.24, 2.45) is 0 Å². The molecule has 3 aromatic rings. The van der Waals surface area contributed by atoms with Gasteiger partial charge in [-0.25, -0.2) is 9.97 Å². The van der Waals surface area contributed by atoms with Crippen molar-refractivity contribution in [2.45, 2.75) is 37.2 Å². The Kier molecular flexibility index (Phi) is 6.59. The van der Waals surface area contributed by atoms with Gasteiger partial charge in [-0.15, -0.1) is 0 Å². The van der Waals surface area contributed by atoms with Crippen molar-refractivity contribution in [1.82, 2.24) is 20.3 Å². The third kappa shape index (κ3) is 5.36. The summed E-state index contributed by atoms with van der Waals surface area (Å²) < 4.78 is 0. The predicted octanol–water partition coefficient (Wildman–Crippen LogP) is 4.00. The second-order valence-electron chi connectivity index (χ2n) is 7.37. The fourth-order valence-electron chi connectivity index (χ4n) is 3.38. The van der Waals surface area contributed by atoms with Gasteiger partial charge in [-0.2, -0.15) is 0 Å². The number of pyridine rings is 1. The van der Waals surface area contributed by atoms with Crippen LogP contribution in [0.15, 0.2) is 60.0 Å². The molecule has 7 heteroatoms. The van der Waals surface area contributed by atoms with Crippen LogP contribution in [-0.2, 0) is 12.3 Å². The Labute approximate surface area is 181 Å². The summed E-state index contributed by atoms with van der Waals surface area (Å²) in [4.78, 5) is 28.0. The molecular weight excluding hydrogens is 394 g/mol. The summed E-state index contributed by atoms with van der Waals surface area (Å²) in [6, 6.07) is 13.6. The van der Waals surface area contributed by atoms with Crippen LogP contribution in [0.4, 0.5) is 5.82 Å². The van der Waals surface area contributed by atoms with Gasteiger partial charge in [0.1, 0.15) is 5.82 Å². The molecule has 1 amide bonds. The third-order valence-corrected chi connectivity index (χ3v) is 5.96. The minimum atomic E-state index is -0.0803. The van der Waals surface area contributed by atoms with Crippen LogP contribution in [0.1, 0.15) is 40.0 Å². The minimum absolute atomic E-state index is 0.0803. The van der Waals surface area contributed by atoms with E-state index < -0.39 is 0 Å². The molecule has 0 atom stereocenters. The number of carbonyl (C=O) groups excluding carboxylic acids is 1. The summed E-state index contributed by atoms with van der Waals surface area (Å²) in [6.07, 6.45) is 5.90. The first-order chi connectivity index (χ1) is 14.7. The first-order valence-corrected chi connectivity index (χ1v) is 11.2. The van der Waals surface area contributed by atoms with E-state index in [0.717, 1.165) is 46.6 Å². The summed E-state index contributed by atoms with van der Waals surface area (Å²) in [6.45, 7) is 4.66. The number of hydrogen-bond acceptors (Lipinski definition) is 6. The number of carbonyl (C=O) groups is 1. The largest absolute Gasteiger partial charge is 0.356 e. The molecule has 0 saturated carbocycles. The third-order valence-electron chi connectivity index (χ3n) is 5.04. The number of amides is 1. The summed E-state index contributed by atoms with van der Waals surface area (Å²) in [5.74, 6) is 1.72. The van der Waals surface area contributed by atoms with E-state index >= 15 is 0 Å². The van der Waals surface area contributed by atoms with Crippen LogP contribution in [0.5, 0.6) is 0 Å². The van der Waals surface area contributed by atoms with E-state index in [1.165, 1.54) is 12.8 Å². The monoisotopic (exact) mass is 419 g/mol. The van der Waals surface area contributed by atoms with Crippen LogP contribution in [0, 0.1) is 6.92 Å². The molecule has 0 unspecified atom stereocenters. The van der Waals surface area contributed by atoms with Crippen molar-refractivity contribution < 1.29 is 4.79 Å². The zero-order chi connectivity index (χ0) is 20.8. The number of nitrogens with zero attached hydrogens (tertiary/aromatic N) is 4. The van der Waals surface area contributed by atoms with Crippen molar-refractivity contribution in [3.8, 4) is 0 Å². The van der Waals surface area contributed by atoms with E-state index in [2.05, 4.69) is 26.3 Å². The lowest BCUT2D eigenvalue weighted by atomic mass is 10.1. The zero-order valence-corrected chi connectivity index (χ0v) is 17.9. The van der Waals surface area contributed by atoms with Crippen LogP contribution < -0.4 is 10.2 Å². The molecule has 0 aliphatic carbocycles. The molecule has 1 aromatic carbocycles. The van der Waals surface area contributed by atoms with Crippen molar-refractivity contribution >= 4 is 23.5 Å². The lowest BCUT2D eigenvalue weighted by molar-refractivity contribution is 0.0951. The summed E-state index contributed by atoms with van der Waals surface area (Å²) >= 11 is 1.63. The van der Waals surface area contributed by atoms with Crippen LogP contribution in [-0.4, -0.2) is 33.9 Å². The van der Waals surface area contributed by atoms with Gasteiger partial charge in [-0.3, -0.25) is 9.78 Å². The van der Waals surface area contributed by atoms with Crippen LogP contribution in [0.2, 0.25) is 0 Å². The first kappa shape index (κ1) is 20.3. The molecule has 0 radical (unpaired) electrons. The summed E-state index contributed by atoms with van der Waals surface area (Å²) in [5, 5.41) is 3.74. The number of benzene rings is 1. The molecule has 3 heterocycles. The highest BCUT2D eigenvalue weighted by molar-refractivity contribution is 7.98. The molecular formula is C23H25N5OS. The average molecular weight is 420 g/mol. The topological polar surface area (TPSA) is 71.0 Å². The van der Waals surface area contributed by atoms with Gasteiger partial charge in [-0.1, -0.05) is 23.9 Å². The van der Waals surface area contributed by atoms with E-state index in [1.807, 2.05) is 43.3 Å². The van der Waals surface area contributed by atoms with Crippen molar-refractivity contribution in [2.75, 3.05) is 18.0 Å². The average Bonchev–Trinajstić information content (AvgIpc) is 3.32. The Balaban J connectivity index is 1.33. The number of thioether (sulfide) groups is 1. The Morgan fingerprint density at radius 1 is 1.03 bits per heavy atom. The van der Waals surface area contributed by atoms with Gasteiger partial charge in [-0.05, 0) is 55.2 Å². The maximum absolute atomic E-state index is 12.4. The van der Waals surface area contributed by atoms with Gasteiger partial charge in [0, 0.05) is 55.1 Å². The highest BCUT2D eigenvalue weighted by Crippen LogP contribution is 2.24. The molecule has 4 rings (SSSR count). The number of aryl methyl sites for hydroxylation is 1. The van der Waals surface area contributed by atoms with Gasteiger partial charge in [0.2, 0.25) is 0 Å². The Morgan fingerprint density at radius 2 is 1.77 bits per heavy atom. The maximum atomic E-state index is 12.4. The van der Waals surface area contributed by atoms with Crippen LogP contribution in [0.25, 0.3) is 0 Å². The fraction of sp³-hybridized carbons (Fsp3) is 0.304. The summed E-state index contributed by atoms with van der Waals surface area (Å²) in [7, 11) is 0. The Hall–Kier alpha value is -2.93. The highest BCUT2D eigenvalue weighted by atomic mass is 32.2. The van der Waals surface area contributed by atoms with Crippen molar-refractivity contribution in [3.63, 3.8) is 0 Å². The molecule has 6 nitrogen and oxygen atoms in total. The van der Waals surface area contributed by atoms with Crippen LogP contribution in [0.3, 0.4) is 0 Å². The fourth-order valence-corrected chi connectivity index (χ4v) is 4.24. The quantitative estimate of drug-likeness (QED) is 0.461. The van der Waals surface area contributed by atoms with E-state index in [1.54, 1.807) is 24.2 Å². The number of anilines is 1. The Bertz CT molecular complexity index is 988. The Morgan fingerprint density at radius 3 is 2.50 bits per heavy atom. The molecule has 1 aliphatic heterocycles. The van der Waals surface area contributed by atoms with Crippen molar-refractivity contribution in [1.29, 1.82) is 0 Å². The van der Waals surface area contributed by atoms with E-state index in [-0.39, 0.29) is 5.91 Å². The van der Waals surface area contributed by atoms with Crippen LogP contribution >= 0.6 is 11.8 Å². The predicted molar refractivity (Wildman–Crippen MR) is 120 cm³/mol. The smallest absolute Gasteiger partial charge is 0.251 e. The maximum Gasteiger partial charge on any atom is 0.251 e. The van der Waals surface area contributed by atoms with Gasteiger partial charge < -0.3 is 10.2 Å². The van der Waals surface area contributed by atoms with E-state index in [0.29, 0.717) is 12.1 Å². The van der Waals surface area contributed by atoms with Gasteiger partial charge in [0.05, 0.1) is 0 Å². The normalized spacial score (nSPS) is 13.4.